The zero-order chi connectivity index (χ0) is 23.9. The third-order valence-corrected chi connectivity index (χ3v) is 5.30. The highest BCUT2D eigenvalue weighted by atomic mass is 16.1. The van der Waals surface area contributed by atoms with Crippen LogP contribution in [-0.4, -0.2) is 53.1 Å². The molecule has 0 spiro atoms. The summed E-state index contributed by atoms with van der Waals surface area (Å²) in [6.45, 7) is 7.86. The predicted molar refractivity (Wildman–Crippen MR) is 136 cm³/mol. The first-order valence-corrected chi connectivity index (χ1v) is 11.5. The summed E-state index contributed by atoms with van der Waals surface area (Å²) >= 11 is 0. The van der Waals surface area contributed by atoms with Crippen LogP contribution < -0.4 is 31.9 Å². The first kappa shape index (κ1) is 23.2. The molecule has 1 aromatic carbocycles. The molecule has 0 radical (unpaired) electrons. The third kappa shape index (κ3) is 6.10. The second-order valence-corrected chi connectivity index (χ2v) is 8.42. The lowest BCUT2D eigenvalue weighted by atomic mass is 10.2. The molecule has 6 N–H and O–H groups in total. The molecule has 178 valence electrons. The average Bonchev–Trinajstić information content (AvgIpc) is 3.09. The average molecular weight is 462 g/mol. The van der Waals surface area contributed by atoms with Crippen molar-refractivity contribution in [1.82, 2.24) is 25.6 Å². The molecule has 1 aliphatic rings. The molecule has 2 aromatic heterocycles. The third-order valence-electron chi connectivity index (χ3n) is 5.30. The number of nitrogen functional groups attached to an aromatic ring is 1. The van der Waals surface area contributed by atoms with E-state index >= 15 is 0 Å². The molecule has 1 aliphatic heterocycles. The van der Waals surface area contributed by atoms with E-state index in [9.17, 15) is 4.79 Å². The molecule has 0 bridgehead atoms. The maximum Gasteiger partial charge on any atom is 0.256 e. The Kier molecular flexibility index (Phi) is 7.38. The first-order chi connectivity index (χ1) is 16.5. The highest BCUT2D eigenvalue weighted by Gasteiger charge is 2.17. The van der Waals surface area contributed by atoms with Gasteiger partial charge in [0.05, 0.1) is 0 Å². The normalized spacial score (nSPS) is 13.9. The molecule has 4 rings (SSSR count). The van der Waals surface area contributed by atoms with E-state index in [-0.39, 0.29) is 11.9 Å². The Labute approximate surface area is 199 Å². The number of nitrogens with zero attached hydrogens (tertiary/aromatic N) is 4. The molecular formula is C24H31N9O. The van der Waals surface area contributed by atoms with Gasteiger partial charge in [0.1, 0.15) is 23.0 Å². The monoisotopic (exact) mass is 461 g/mol. The SMILES string of the molecule is CC(C)NC(=O)c1cnc(Nc2ccc(N3CCCNCC3)cc2)nc1Nc1cccc(N)n1. The second kappa shape index (κ2) is 10.8. The van der Waals surface area contributed by atoms with Crippen LogP contribution in [0.15, 0.2) is 48.7 Å². The number of aromatic nitrogens is 3. The van der Waals surface area contributed by atoms with E-state index in [0.717, 1.165) is 38.3 Å². The van der Waals surface area contributed by atoms with E-state index < -0.39 is 0 Å². The predicted octanol–water partition coefficient (Wildman–Crippen LogP) is 2.88. The van der Waals surface area contributed by atoms with E-state index in [1.54, 1.807) is 18.2 Å². The molecule has 1 fully saturated rings. The van der Waals surface area contributed by atoms with E-state index in [1.807, 2.05) is 26.0 Å². The molecule has 34 heavy (non-hydrogen) atoms. The van der Waals surface area contributed by atoms with Crippen LogP contribution in [0.3, 0.4) is 0 Å². The summed E-state index contributed by atoms with van der Waals surface area (Å²) in [5, 5.41) is 12.6. The van der Waals surface area contributed by atoms with Crippen molar-refractivity contribution in [2.24, 2.45) is 0 Å². The molecule has 1 saturated heterocycles. The van der Waals surface area contributed by atoms with Crippen LogP contribution in [0.5, 0.6) is 0 Å². The number of benzene rings is 1. The van der Waals surface area contributed by atoms with Crippen molar-refractivity contribution in [1.29, 1.82) is 0 Å². The molecule has 3 aromatic rings. The smallest absolute Gasteiger partial charge is 0.256 e. The molecule has 0 saturated carbocycles. The van der Waals surface area contributed by atoms with Gasteiger partial charge in [-0.2, -0.15) is 4.98 Å². The quantitative estimate of drug-likeness (QED) is 0.360. The van der Waals surface area contributed by atoms with E-state index in [2.05, 4.69) is 53.3 Å². The Balaban J connectivity index is 1.55. The summed E-state index contributed by atoms with van der Waals surface area (Å²) in [5.74, 6) is 1.27. The topological polar surface area (TPSA) is 133 Å². The van der Waals surface area contributed by atoms with Crippen molar-refractivity contribution in [3.05, 3.63) is 54.2 Å². The minimum atomic E-state index is -0.274. The van der Waals surface area contributed by atoms with Crippen LogP contribution in [-0.2, 0) is 0 Å². The maximum atomic E-state index is 12.7. The number of hydrogen-bond acceptors (Lipinski definition) is 9. The molecule has 10 heteroatoms. The van der Waals surface area contributed by atoms with Crippen LogP contribution in [0.25, 0.3) is 0 Å². The van der Waals surface area contributed by atoms with Crippen LogP contribution in [0.1, 0.15) is 30.6 Å². The van der Waals surface area contributed by atoms with Gasteiger partial charge in [-0.3, -0.25) is 4.79 Å². The Morgan fingerprint density at radius 1 is 1.06 bits per heavy atom. The Morgan fingerprint density at radius 3 is 2.65 bits per heavy atom. The number of rotatable bonds is 7. The summed E-state index contributed by atoms with van der Waals surface area (Å²) in [5.41, 5.74) is 8.15. The van der Waals surface area contributed by atoms with Crippen LogP contribution in [0, 0.1) is 0 Å². The number of pyridine rings is 1. The fourth-order valence-electron chi connectivity index (χ4n) is 3.67. The molecule has 3 heterocycles. The van der Waals surface area contributed by atoms with Gasteiger partial charge in [0.15, 0.2) is 0 Å². The summed E-state index contributed by atoms with van der Waals surface area (Å²) < 4.78 is 0. The highest BCUT2D eigenvalue weighted by molar-refractivity contribution is 5.99. The number of nitrogens with one attached hydrogen (secondary N) is 4. The van der Waals surface area contributed by atoms with Crippen molar-refractivity contribution in [2.75, 3.05) is 47.4 Å². The number of amides is 1. The fraction of sp³-hybridized carbons (Fsp3) is 0.333. The zero-order valence-electron chi connectivity index (χ0n) is 19.5. The van der Waals surface area contributed by atoms with Crippen LogP contribution in [0.2, 0.25) is 0 Å². The minimum Gasteiger partial charge on any atom is -0.384 e. The van der Waals surface area contributed by atoms with Gasteiger partial charge in [0.2, 0.25) is 5.95 Å². The fourth-order valence-corrected chi connectivity index (χ4v) is 3.67. The van der Waals surface area contributed by atoms with Gasteiger partial charge in [-0.25, -0.2) is 9.97 Å². The number of nitrogens with two attached hydrogens (primary N) is 1. The molecule has 0 unspecified atom stereocenters. The minimum absolute atomic E-state index is 0.0258. The van der Waals surface area contributed by atoms with Crippen molar-refractivity contribution in [3.63, 3.8) is 0 Å². The lowest BCUT2D eigenvalue weighted by molar-refractivity contribution is 0.0943. The largest absolute Gasteiger partial charge is 0.384 e. The zero-order valence-corrected chi connectivity index (χ0v) is 19.5. The van der Waals surface area contributed by atoms with E-state index in [4.69, 9.17) is 5.73 Å². The van der Waals surface area contributed by atoms with Crippen molar-refractivity contribution in [3.8, 4) is 0 Å². The van der Waals surface area contributed by atoms with Crippen molar-refractivity contribution in [2.45, 2.75) is 26.3 Å². The summed E-state index contributed by atoms with van der Waals surface area (Å²) in [6, 6.07) is 13.4. The first-order valence-electron chi connectivity index (χ1n) is 11.5. The number of hydrogen-bond donors (Lipinski definition) is 5. The molecule has 0 aliphatic carbocycles. The van der Waals surface area contributed by atoms with Gasteiger partial charge >= 0.3 is 0 Å². The van der Waals surface area contributed by atoms with Gasteiger partial charge in [-0.05, 0) is 63.2 Å². The van der Waals surface area contributed by atoms with Gasteiger partial charge in [0, 0.05) is 43.2 Å². The summed E-state index contributed by atoms with van der Waals surface area (Å²) in [4.78, 5) is 28.2. The van der Waals surface area contributed by atoms with E-state index in [1.165, 1.54) is 11.9 Å². The standard InChI is InChI=1S/C24H31N9O/c1-16(2)28-23(34)19-15-27-24(32-22(19)31-21-6-3-5-20(25)30-21)29-17-7-9-18(10-8-17)33-13-4-11-26-12-14-33/h3,5-10,15-16,26H,4,11-14H2,1-2H3,(H,28,34)(H4,25,27,29,30,31,32). The highest BCUT2D eigenvalue weighted by Crippen LogP contribution is 2.23. The molecule has 10 nitrogen and oxygen atoms in total. The lowest BCUT2D eigenvalue weighted by Gasteiger charge is -2.22. The molecule has 0 atom stereocenters. The second-order valence-electron chi connectivity index (χ2n) is 8.42. The van der Waals surface area contributed by atoms with Crippen LogP contribution in [0.4, 0.5) is 34.8 Å². The number of carbonyl (C=O) groups is 1. The Hall–Kier alpha value is -3.92. The van der Waals surface area contributed by atoms with Crippen molar-refractivity contribution >= 4 is 40.7 Å². The Bertz CT molecular complexity index is 1110. The lowest BCUT2D eigenvalue weighted by Crippen LogP contribution is -2.31. The van der Waals surface area contributed by atoms with E-state index in [0.29, 0.717) is 29.0 Å². The maximum absolute atomic E-state index is 12.7. The summed E-state index contributed by atoms with van der Waals surface area (Å²) in [6.07, 6.45) is 2.63. The van der Waals surface area contributed by atoms with Gasteiger partial charge in [0.25, 0.3) is 5.91 Å². The number of carbonyl (C=O) groups excluding carboxylic acids is 1. The number of anilines is 6. The van der Waals surface area contributed by atoms with Gasteiger partial charge < -0.3 is 31.9 Å². The summed E-state index contributed by atoms with van der Waals surface area (Å²) in [7, 11) is 0. The van der Waals surface area contributed by atoms with Gasteiger partial charge in [-0.15, -0.1) is 0 Å². The van der Waals surface area contributed by atoms with Crippen LogP contribution >= 0.6 is 0 Å². The Morgan fingerprint density at radius 2 is 1.88 bits per heavy atom. The van der Waals surface area contributed by atoms with Crippen molar-refractivity contribution < 1.29 is 4.79 Å². The molecule has 1 amide bonds. The molecular weight excluding hydrogens is 430 g/mol. The van der Waals surface area contributed by atoms with Gasteiger partial charge in [-0.1, -0.05) is 6.07 Å².